The number of hydrogen-bond donors (Lipinski definition) is 2. The summed E-state index contributed by atoms with van der Waals surface area (Å²) in [5.41, 5.74) is 5.02. The van der Waals surface area contributed by atoms with Crippen LogP contribution in [0.2, 0.25) is 0 Å². The summed E-state index contributed by atoms with van der Waals surface area (Å²) in [7, 11) is 3.57. The van der Waals surface area contributed by atoms with Gasteiger partial charge in [-0.3, -0.25) is 14.4 Å². The summed E-state index contributed by atoms with van der Waals surface area (Å²) in [5, 5.41) is 11.8. The minimum Gasteiger partial charge on any atom is -0.494 e. The highest BCUT2D eigenvalue weighted by molar-refractivity contribution is 6.02. The van der Waals surface area contributed by atoms with Crippen LogP contribution < -0.4 is 20.3 Å². The summed E-state index contributed by atoms with van der Waals surface area (Å²) < 4.78 is 13.6. The third-order valence-electron chi connectivity index (χ3n) is 8.51. The van der Waals surface area contributed by atoms with E-state index in [9.17, 15) is 4.79 Å². The molecule has 11 nitrogen and oxygen atoms in total. The van der Waals surface area contributed by atoms with Gasteiger partial charge in [0.25, 0.3) is 0 Å². The molecule has 2 aliphatic heterocycles. The second kappa shape index (κ2) is 12.6. The van der Waals surface area contributed by atoms with Crippen molar-refractivity contribution in [1.29, 1.82) is 0 Å². The molecular weight excluding hydrogens is 556 g/mol. The van der Waals surface area contributed by atoms with Crippen LogP contribution in [0.4, 0.5) is 22.9 Å². The molecule has 2 N–H and O–H groups in total. The van der Waals surface area contributed by atoms with Gasteiger partial charge < -0.3 is 25.0 Å². The molecule has 2 fully saturated rings. The van der Waals surface area contributed by atoms with Crippen molar-refractivity contribution in [2.24, 2.45) is 7.05 Å². The maximum absolute atomic E-state index is 12.5. The number of morpholine rings is 1. The number of nitrogens with zero attached hydrogens (tertiary/aromatic N) is 6. The van der Waals surface area contributed by atoms with Crippen molar-refractivity contribution in [1.82, 2.24) is 24.6 Å². The second-order valence-corrected chi connectivity index (χ2v) is 11.6. The quantitative estimate of drug-likeness (QED) is 0.272. The summed E-state index contributed by atoms with van der Waals surface area (Å²) in [6.45, 7) is 11.6. The van der Waals surface area contributed by atoms with Gasteiger partial charge in [0.15, 0.2) is 0 Å². The number of fused-ring (bicyclic) bond motifs is 1. The van der Waals surface area contributed by atoms with Gasteiger partial charge >= 0.3 is 0 Å². The van der Waals surface area contributed by atoms with E-state index in [1.54, 1.807) is 7.11 Å². The number of piperidine rings is 1. The second-order valence-electron chi connectivity index (χ2n) is 11.6. The molecule has 0 saturated carbocycles. The monoisotopic (exact) mass is 596 g/mol. The van der Waals surface area contributed by atoms with Gasteiger partial charge in [-0.2, -0.15) is 5.10 Å². The molecule has 11 heteroatoms. The van der Waals surface area contributed by atoms with Crippen molar-refractivity contribution in [2.45, 2.75) is 44.9 Å². The molecule has 4 aromatic rings. The van der Waals surface area contributed by atoms with Crippen molar-refractivity contribution in [2.75, 3.05) is 48.8 Å². The minimum absolute atomic E-state index is 0.248. The lowest BCUT2D eigenvalue weighted by Crippen LogP contribution is -2.53. The SMILES string of the molecule is C=CC(=O)Nc1cc(Nc2cc(-c3ccc4cnn(C)c4c3)ncn2)c(OC)cc1N1CCC(N2C[C@@H](C)O[C@@H](C)C2)CC1. The lowest BCUT2D eigenvalue weighted by Gasteiger charge is -2.44. The van der Waals surface area contributed by atoms with Gasteiger partial charge in [-0.1, -0.05) is 18.7 Å². The molecule has 2 atom stereocenters. The molecule has 44 heavy (non-hydrogen) atoms. The van der Waals surface area contributed by atoms with Gasteiger partial charge in [-0.05, 0) is 44.9 Å². The predicted octanol–water partition coefficient (Wildman–Crippen LogP) is 4.99. The molecule has 0 unspecified atom stereocenters. The maximum Gasteiger partial charge on any atom is 0.247 e. The van der Waals surface area contributed by atoms with Crippen LogP contribution in [0.3, 0.4) is 0 Å². The molecule has 0 bridgehead atoms. The Labute approximate surface area is 257 Å². The van der Waals surface area contributed by atoms with Crippen molar-refractivity contribution >= 4 is 39.7 Å². The van der Waals surface area contributed by atoms with Crippen LogP contribution in [0.5, 0.6) is 5.75 Å². The zero-order chi connectivity index (χ0) is 30.8. The van der Waals surface area contributed by atoms with E-state index in [1.807, 2.05) is 48.3 Å². The molecule has 2 saturated heterocycles. The number of benzene rings is 2. The molecule has 230 valence electrons. The Morgan fingerprint density at radius 3 is 2.57 bits per heavy atom. The Kier molecular flexibility index (Phi) is 8.49. The summed E-state index contributed by atoms with van der Waals surface area (Å²) in [6, 6.07) is 12.4. The Bertz CT molecular complexity index is 1650. The lowest BCUT2D eigenvalue weighted by molar-refractivity contribution is -0.111. The Morgan fingerprint density at radius 1 is 1.07 bits per heavy atom. The van der Waals surface area contributed by atoms with Crippen LogP contribution in [-0.2, 0) is 16.6 Å². The third kappa shape index (κ3) is 6.24. The van der Waals surface area contributed by atoms with Crippen LogP contribution in [0.15, 0.2) is 61.6 Å². The number of ether oxygens (including phenoxy) is 2. The third-order valence-corrected chi connectivity index (χ3v) is 8.51. The molecule has 6 rings (SSSR count). The highest BCUT2D eigenvalue weighted by atomic mass is 16.5. The van der Waals surface area contributed by atoms with Crippen molar-refractivity contribution < 1.29 is 14.3 Å². The summed E-state index contributed by atoms with van der Waals surface area (Å²) in [6.07, 6.45) is 7.22. The fraction of sp³-hybridized carbons (Fsp3) is 0.394. The van der Waals surface area contributed by atoms with Crippen LogP contribution >= 0.6 is 0 Å². The number of carbonyl (C=O) groups is 1. The van der Waals surface area contributed by atoms with Gasteiger partial charge in [-0.25, -0.2) is 9.97 Å². The topological polar surface area (TPSA) is 110 Å². The first kappa shape index (κ1) is 29.6. The Morgan fingerprint density at radius 2 is 1.84 bits per heavy atom. The molecular formula is C33H40N8O3. The first-order valence-corrected chi connectivity index (χ1v) is 15.1. The van der Waals surface area contributed by atoms with E-state index in [0.717, 1.165) is 66.9 Å². The largest absolute Gasteiger partial charge is 0.494 e. The summed E-state index contributed by atoms with van der Waals surface area (Å²) >= 11 is 0. The van der Waals surface area contributed by atoms with Crippen molar-refractivity contribution in [3.8, 4) is 17.0 Å². The first-order chi connectivity index (χ1) is 21.3. The molecule has 0 aliphatic carbocycles. The fourth-order valence-electron chi connectivity index (χ4n) is 6.39. The fourth-order valence-corrected chi connectivity index (χ4v) is 6.39. The summed E-state index contributed by atoms with van der Waals surface area (Å²) in [4.78, 5) is 26.4. The number of methoxy groups -OCH3 is 1. The highest BCUT2D eigenvalue weighted by Crippen LogP contribution is 2.40. The Hall–Kier alpha value is -4.48. The van der Waals surface area contributed by atoms with Crippen LogP contribution in [0.25, 0.3) is 22.2 Å². The van der Waals surface area contributed by atoms with E-state index in [-0.39, 0.29) is 18.1 Å². The number of aromatic nitrogens is 4. The van der Waals surface area contributed by atoms with Crippen molar-refractivity contribution in [3.63, 3.8) is 0 Å². The van der Waals surface area contributed by atoms with Gasteiger partial charge in [0, 0.05) is 62.4 Å². The number of carbonyl (C=O) groups excluding carboxylic acids is 1. The first-order valence-electron chi connectivity index (χ1n) is 15.1. The maximum atomic E-state index is 12.5. The van der Waals surface area contributed by atoms with E-state index in [4.69, 9.17) is 9.47 Å². The van der Waals surface area contributed by atoms with Crippen LogP contribution in [-0.4, -0.2) is 82.1 Å². The van der Waals surface area contributed by atoms with Gasteiger partial charge in [-0.15, -0.1) is 0 Å². The normalized spacial score (nSPS) is 19.6. The van der Waals surface area contributed by atoms with E-state index in [1.165, 1.54) is 12.4 Å². The average Bonchev–Trinajstić information content (AvgIpc) is 3.40. The van der Waals surface area contributed by atoms with E-state index < -0.39 is 0 Å². The average molecular weight is 597 g/mol. The summed E-state index contributed by atoms with van der Waals surface area (Å²) in [5.74, 6) is 0.969. The lowest BCUT2D eigenvalue weighted by atomic mass is 10.00. The van der Waals surface area contributed by atoms with Gasteiger partial charge in [0.05, 0.1) is 53.8 Å². The van der Waals surface area contributed by atoms with E-state index in [2.05, 4.69) is 62.0 Å². The molecule has 2 aromatic heterocycles. The number of anilines is 4. The molecule has 0 spiro atoms. The van der Waals surface area contributed by atoms with Crippen molar-refractivity contribution in [3.05, 3.63) is 61.6 Å². The molecule has 2 aliphatic rings. The molecule has 4 heterocycles. The number of aryl methyl sites for hydroxylation is 1. The zero-order valence-corrected chi connectivity index (χ0v) is 25.8. The van der Waals surface area contributed by atoms with E-state index >= 15 is 0 Å². The molecule has 0 radical (unpaired) electrons. The standard InChI is InChI=1S/C33H40N8O3/c1-6-33(42)38-27-14-28(37-32-15-26(34-20-35-32)23-7-8-24-17-36-39(4)29(24)13-23)31(43-5)16-30(27)40-11-9-25(10-12-40)41-18-21(2)44-22(3)19-41/h6-8,13-17,20-22,25H,1,9-12,18-19H2,2-5H3,(H,38,42)(H,34,35,37)/t21-,22+. The zero-order valence-electron chi connectivity index (χ0n) is 25.8. The molecule has 2 aromatic carbocycles. The smallest absolute Gasteiger partial charge is 0.247 e. The van der Waals surface area contributed by atoms with Gasteiger partial charge in [0.2, 0.25) is 5.91 Å². The highest BCUT2D eigenvalue weighted by Gasteiger charge is 2.31. The molecule has 1 amide bonds. The van der Waals surface area contributed by atoms with Crippen LogP contribution in [0.1, 0.15) is 26.7 Å². The number of rotatable bonds is 8. The minimum atomic E-state index is -0.275. The predicted molar refractivity (Wildman–Crippen MR) is 174 cm³/mol. The number of hydrogen-bond acceptors (Lipinski definition) is 9. The van der Waals surface area contributed by atoms with Gasteiger partial charge in [0.1, 0.15) is 17.9 Å². The number of amides is 1. The van der Waals surface area contributed by atoms with Crippen LogP contribution in [0, 0.1) is 0 Å². The Balaban J connectivity index is 1.25. The number of nitrogens with one attached hydrogen (secondary N) is 2. The van der Waals surface area contributed by atoms with E-state index in [0.29, 0.717) is 29.0 Å².